The highest BCUT2D eigenvalue weighted by atomic mass is 19.1. The van der Waals surface area contributed by atoms with Crippen LogP contribution in [-0.4, -0.2) is 48.5 Å². The number of ether oxygens (including phenoxy) is 5. The maximum Gasteiger partial charge on any atom is 0.230 e. The zero-order valence-electron chi connectivity index (χ0n) is 15.3. The quantitative estimate of drug-likeness (QED) is 0.719. The molecule has 0 N–H and O–H groups in total. The van der Waals surface area contributed by atoms with Crippen molar-refractivity contribution < 1.29 is 28.1 Å². The monoisotopic (exact) mass is 362 g/mol. The van der Waals surface area contributed by atoms with Gasteiger partial charge in [0.05, 0.1) is 6.61 Å². The average molecular weight is 362 g/mol. The average Bonchev–Trinajstić information content (AvgIpc) is 3.17. The molecule has 4 rings (SSSR count). The number of hydrogen-bond donors (Lipinski definition) is 0. The Kier molecular flexibility index (Phi) is 4.14. The SMILES string of the molecule is CC1(C)OC[C@H]([C@H]2O[C@@H]3OC(C)(C)O[C@@H]3[C@]2(F)C#Cc2ccccc2)O1. The van der Waals surface area contributed by atoms with Crippen molar-refractivity contribution in [2.75, 3.05) is 6.61 Å². The minimum absolute atomic E-state index is 0.221. The molecule has 3 aliphatic heterocycles. The van der Waals surface area contributed by atoms with E-state index in [-0.39, 0.29) is 6.61 Å². The van der Waals surface area contributed by atoms with Gasteiger partial charge in [-0.1, -0.05) is 30.0 Å². The molecule has 0 bridgehead atoms. The number of fused-ring (bicyclic) bond motifs is 1. The van der Waals surface area contributed by atoms with Crippen molar-refractivity contribution in [3.8, 4) is 11.8 Å². The van der Waals surface area contributed by atoms with E-state index in [1.54, 1.807) is 27.7 Å². The second-order valence-corrected chi connectivity index (χ2v) is 7.73. The molecule has 1 aromatic rings. The smallest absolute Gasteiger partial charge is 0.230 e. The van der Waals surface area contributed by atoms with Crippen LogP contribution < -0.4 is 0 Å². The molecule has 0 spiro atoms. The van der Waals surface area contributed by atoms with Gasteiger partial charge in [-0.15, -0.1) is 0 Å². The first-order valence-corrected chi connectivity index (χ1v) is 8.79. The Hall–Kier alpha value is -1.49. The van der Waals surface area contributed by atoms with E-state index in [9.17, 15) is 0 Å². The Labute approximate surface area is 152 Å². The number of rotatable bonds is 1. The van der Waals surface area contributed by atoms with Gasteiger partial charge in [0.25, 0.3) is 0 Å². The minimum Gasteiger partial charge on any atom is -0.348 e. The van der Waals surface area contributed by atoms with Crippen molar-refractivity contribution in [1.82, 2.24) is 0 Å². The molecule has 3 saturated heterocycles. The largest absolute Gasteiger partial charge is 0.348 e. The summed E-state index contributed by atoms with van der Waals surface area (Å²) in [5.41, 5.74) is -1.36. The van der Waals surface area contributed by atoms with Gasteiger partial charge >= 0.3 is 0 Å². The third kappa shape index (κ3) is 3.15. The van der Waals surface area contributed by atoms with Crippen molar-refractivity contribution in [3.05, 3.63) is 35.9 Å². The van der Waals surface area contributed by atoms with E-state index in [1.165, 1.54) is 0 Å². The molecular formula is C20H23FO5. The minimum atomic E-state index is -2.08. The molecule has 6 heteroatoms. The summed E-state index contributed by atoms with van der Waals surface area (Å²) in [7, 11) is 0. The van der Waals surface area contributed by atoms with Gasteiger partial charge in [-0.3, -0.25) is 0 Å². The lowest BCUT2D eigenvalue weighted by atomic mass is 9.91. The third-order valence-electron chi connectivity index (χ3n) is 4.71. The molecule has 26 heavy (non-hydrogen) atoms. The molecule has 0 aromatic heterocycles. The Bertz CT molecular complexity index is 738. The van der Waals surface area contributed by atoms with Gasteiger partial charge in [0, 0.05) is 5.56 Å². The summed E-state index contributed by atoms with van der Waals surface area (Å²) in [6.07, 6.45) is -3.35. The van der Waals surface area contributed by atoms with Crippen LogP contribution in [0, 0.1) is 11.8 Å². The molecule has 3 heterocycles. The maximum absolute atomic E-state index is 16.2. The summed E-state index contributed by atoms with van der Waals surface area (Å²) in [4.78, 5) is 0. The van der Waals surface area contributed by atoms with Crippen LogP contribution in [0.3, 0.4) is 0 Å². The molecule has 0 unspecified atom stereocenters. The predicted octanol–water partition coefficient (Wildman–Crippen LogP) is 2.77. The first kappa shape index (κ1) is 17.9. The van der Waals surface area contributed by atoms with Gasteiger partial charge in [-0.2, -0.15) is 0 Å². The highest BCUT2D eigenvalue weighted by molar-refractivity contribution is 5.38. The van der Waals surface area contributed by atoms with E-state index in [1.807, 2.05) is 30.3 Å². The standard InChI is InChI=1S/C20H23FO5/c1-18(2)22-12-14(24-18)15-20(21,11-10-13-8-6-5-7-9-13)16-17(23-15)26-19(3,4)25-16/h5-9,14-17H,12H2,1-4H3/t14-,15-,16+,17-,20+/m1/s1. The van der Waals surface area contributed by atoms with Crippen LogP contribution in [0.25, 0.3) is 0 Å². The molecular weight excluding hydrogens is 339 g/mol. The number of hydrogen-bond acceptors (Lipinski definition) is 5. The Morgan fingerprint density at radius 2 is 1.69 bits per heavy atom. The van der Waals surface area contributed by atoms with Gasteiger partial charge in [0.15, 0.2) is 24.0 Å². The van der Waals surface area contributed by atoms with Crippen molar-refractivity contribution in [3.63, 3.8) is 0 Å². The van der Waals surface area contributed by atoms with Crippen LogP contribution in [0.15, 0.2) is 30.3 Å². The lowest BCUT2D eigenvalue weighted by molar-refractivity contribution is -0.233. The Morgan fingerprint density at radius 3 is 2.35 bits per heavy atom. The van der Waals surface area contributed by atoms with E-state index in [0.717, 1.165) is 0 Å². The third-order valence-corrected chi connectivity index (χ3v) is 4.71. The van der Waals surface area contributed by atoms with Crippen LogP contribution in [0.1, 0.15) is 33.3 Å². The summed E-state index contributed by atoms with van der Waals surface area (Å²) in [5, 5.41) is 0. The summed E-state index contributed by atoms with van der Waals surface area (Å²) in [5.74, 6) is 3.94. The summed E-state index contributed by atoms with van der Waals surface area (Å²) in [6.45, 7) is 7.25. The summed E-state index contributed by atoms with van der Waals surface area (Å²) in [6, 6.07) is 9.25. The van der Waals surface area contributed by atoms with E-state index < -0.39 is 41.8 Å². The lowest BCUT2D eigenvalue weighted by Crippen LogP contribution is -2.50. The van der Waals surface area contributed by atoms with E-state index in [0.29, 0.717) is 5.56 Å². The van der Waals surface area contributed by atoms with E-state index >= 15 is 4.39 Å². The lowest BCUT2D eigenvalue weighted by Gasteiger charge is -2.30. The predicted molar refractivity (Wildman–Crippen MR) is 90.8 cm³/mol. The molecule has 3 aliphatic rings. The van der Waals surface area contributed by atoms with Crippen LogP contribution in [0.2, 0.25) is 0 Å². The van der Waals surface area contributed by atoms with Crippen LogP contribution in [-0.2, 0) is 23.7 Å². The van der Waals surface area contributed by atoms with Gasteiger partial charge in [-0.05, 0) is 39.8 Å². The molecule has 0 radical (unpaired) electrons. The topological polar surface area (TPSA) is 46.2 Å². The molecule has 3 fully saturated rings. The second kappa shape index (κ2) is 6.01. The molecule has 0 amide bonds. The van der Waals surface area contributed by atoms with Crippen LogP contribution in [0.4, 0.5) is 4.39 Å². The number of halogens is 1. The van der Waals surface area contributed by atoms with E-state index in [2.05, 4.69) is 11.8 Å². The summed E-state index contributed by atoms with van der Waals surface area (Å²) >= 11 is 0. The van der Waals surface area contributed by atoms with Gasteiger partial charge in [0.1, 0.15) is 12.2 Å². The zero-order valence-corrected chi connectivity index (χ0v) is 15.3. The highest BCUT2D eigenvalue weighted by Gasteiger charge is 2.67. The van der Waals surface area contributed by atoms with Gasteiger partial charge < -0.3 is 23.7 Å². The van der Waals surface area contributed by atoms with Crippen LogP contribution >= 0.6 is 0 Å². The number of alkyl halides is 1. The Balaban J connectivity index is 1.67. The van der Waals surface area contributed by atoms with E-state index in [4.69, 9.17) is 23.7 Å². The fourth-order valence-corrected chi connectivity index (χ4v) is 3.57. The van der Waals surface area contributed by atoms with Crippen molar-refractivity contribution in [2.45, 2.75) is 69.5 Å². The molecule has 1 aromatic carbocycles. The molecule has 140 valence electrons. The zero-order chi connectivity index (χ0) is 18.6. The first-order chi connectivity index (χ1) is 12.2. The van der Waals surface area contributed by atoms with Gasteiger partial charge in [-0.25, -0.2) is 4.39 Å². The maximum atomic E-state index is 16.2. The molecule has 0 saturated carbocycles. The fourth-order valence-electron chi connectivity index (χ4n) is 3.57. The molecule has 5 atom stereocenters. The first-order valence-electron chi connectivity index (χ1n) is 8.79. The van der Waals surface area contributed by atoms with Crippen molar-refractivity contribution in [2.24, 2.45) is 0 Å². The van der Waals surface area contributed by atoms with Crippen molar-refractivity contribution in [1.29, 1.82) is 0 Å². The normalized spacial score (nSPS) is 40.0. The fraction of sp³-hybridized carbons (Fsp3) is 0.600. The highest BCUT2D eigenvalue weighted by Crippen LogP contribution is 2.47. The van der Waals surface area contributed by atoms with Crippen LogP contribution in [0.5, 0.6) is 0 Å². The molecule has 5 nitrogen and oxygen atoms in total. The number of benzene rings is 1. The second-order valence-electron chi connectivity index (χ2n) is 7.73. The van der Waals surface area contributed by atoms with Gasteiger partial charge in [0.2, 0.25) is 5.67 Å². The van der Waals surface area contributed by atoms with Crippen molar-refractivity contribution >= 4 is 0 Å². The Morgan fingerprint density at radius 1 is 0.962 bits per heavy atom. The molecule has 0 aliphatic carbocycles. The summed E-state index contributed by atoms with van der Waals surface area (Å²) < 4.78 is 45.0.